The van der Waals surface area contributed by atoms with Gasteiger partial charge in [0.2, 0.25) is 0 Å². The standard InChI is InChI=1S/C12H10FN3/c1-16-8-11(6-7-14)15-12(16)9-2-4-10(13)5-3-9/h2-5,8H,6H2,1H3. The Morgan fingerprint density at radius 1 is 1.38 bits per heavy atom. The lowest BCUT2D eigenvalue weighted by atomic mass is 10.2. The van der Waals surface area contributed by atoms with Crippen LogP contribution in [0.15, 0.2) is 30.5 Å². The fourth-order valence-corrected chi connectivity index (χ4v) is 1.56. The number of nitriles is 1. The van der Waals surface area contributed by atoms with E-state index in [-0.39, 0.29) is 12.2 Å². The minimum Gasteiger partial charge on any atom is -0.334 e. The van der Waals surface area contributed by atoms with E-state index in [1.54, 1.807) is 12.1 Å². The van der Waals surface area contributed by atoms with Crippen molar-refractivity contribution in [1.82, 2.24) is 9.55 Å². The molecule has 3 nitrogen and oxygen atoms in total. The molecule has 0 aliphatic heterocycles. The van der Waals surface area contributed by atoms with E-state index in [0.29, 0.717) is 0 Å². The topological polar surface area (TPSA) is 41.6 Å². The lowest BCUT2D eigenvalue weighted by Crippen LogP contribution is -1.90. The molecule has 4 heteroatoms. The van der Waals surface area contributed by atoms with E-state index >= 15 is 0 Å². The summed E-state index contributed by atoms with van der Waals surface area (Å²) < 4.78 is 14.6. The molecule has 16 heavy (non-hydrogen) atoms. The van der Waals surface area contributed by atoms with Gasteiger partial charge in [-0.05, 0) is 24.3 Å². The molecule has 0 atom stereocenters. The van der Waals surface area contributed by atoms with Gasteiger partial charge in [-0.3, -0.25) is 0 Å². The number of rotatable bonds is 2. The molecule has 0 fully saturated rings. The summed E-state index contributed by atoms with van der Waals surface area (Å²) in [6.45, 7) is 0. The van der Waals surface area contributed by atoms with Crippen molar-refractivity contribution in [3.8, 4) is 17.5 Å². The SMILES string of the molecule is Cn1cc(CC#N)nc1-c1ccc(F)cc1. The Bertz CT molecular complexity index is 534. The second-order valence-electron chi connectivity index (χ2n) is 3.51. The van der Waals surface area contributed by atoms with Crippen LogP contribution in [0.25, 0.3) is 11.4 Å². The van der Waals surface area contributed by atoms with Crippen LogP contribution in [0.3, 0.4) is 0 Å². The van der Waals surface area contributed by atoms with Gasteiger partial charge in [-0.15, -0.1) is 0 Å². The number of hydrogen-bond acceptors (Lipinski definition) is 2. The van der Waals surface area contributed by atoms with Crippen molar-refractivity contribution >= 4 is 0 Å². The molecule has 0 bridgehead atoms. The van der Waals surface area contributed by atoms with Gasteiger partial charge >= 0.3 is 0 Å². The van der Waals surface area contributed by atoms with Crippen LogP contribution in [-0.2, 0) is 13.5 Å². The Kier molecular flexibility index (Phi) is 2.69. The summed E-state index contributed by atoms with van der Waals surface area (Å²) in [5.74, 6) is 0.473. The molecule has 2 rings (SSSR count). The Morgan fingerprint density at radius 3 is 2.69 bits per heavy atom. The van der Waals surface area contributed by atoms with Gasteiger partial charge in [-0.1, -0.05) is 0 Å². The first-order chi connectivity index (χ1) is 7.70. The zero-order valence-electron chi connectivity index (χ0n) is 8.81. The van der Waals surface area contributed by atoms with E-state index in [4.69, 9.17) is 5.26 Å². The van der Waals surface area contributed by atoms with E-state index in [9.17, 15) is 4.39 Å². The van der Waals surface area contributed by atoms with Crippen molar-refractivity contribution in [3.63, 3.8) is 0 Å². The predicted molar refractivity (Wildman–Crippen MR) is 57.9 cm³/mol. The van der Waals surface area contributed by atoms with Crippen LogP contribution in [-0.4, -0.2) is 9.55 Å². The molecule has 0 saturated heterocycles. The maximum Gasteiger partial charge on any atom is 0.140 e. The highest BCUT2D eigenvalue weighted by molar-refractivity contribution is 5.55. The summed E-state index contributed by atoms with van der Waals surface area (Å²) in [6, 6.07) is 8.19. The monoisotopic (exact) mass is 215 g/mol. The Labute approximate surface area is 92.8 Å². The normalized spacial score (nSPS) is 10.1. The third-order valence-corrected chi connectivity index (χ3v) is 2.29. The molecule has 0 aliphatic rings. The minimum absolute atomic E-state index is 0.268. The number of aromatic nitrogens is 2. The highest BCUT2D eigenvalue weighted by Gasteiger charge is 2.07. The van der Waals surface area contributed by atoms with Crippen LogP contribution in [0.5, 0.6) is 0 Å². The van der Waals surface area contributed by atoms with Gasteiger partial charge in [0, 0.05) is 18.8 Å². The van der Waals surface area contributed by atoms with Crippen LogP contribution in [0.2, 0.25) is 0 Å². The summed E-state index contributed by atoms with van der Waals surface area (Å²) in [4.78, 5) is 4.32. The molecule has 80 valence electrons. The van der Waals surface area contributed by atoms with Crippen LogP contribution in [0.4, 0.5) is 4.39 Å². The van der Waals surface area contributed by atoms with Gasteiger partial charge in [0.1, 0.15) is 11.6 Å². The second kappa shape index (κ2) is 4.15. The number of imidazole rings is 1. The zero-order valence-corrected chi connectivity index (χ0v) is 8.81. The number of halogens is 1. The average Bonchev–Trinajstić information content (AvgIpc) is 2.61. The summed E-state index contributed by atoms with van der Waals surface area (Å²) in [5.41, 5.74) is 1.57. The highest BCUT2D eigenvalue weighted by Crippen LogP contribution is 2.18. The third kappa shape index (κ3) is 1.94. The molecule has 0 N–H and O–H groups in total. The summed E-state index contributed by atoms with van der Waals surface area (Å²) in [6.07, 6.45) is 2.09. The van der Waals surface area contributed by atoms with E-state index in [0.717, 1.165) is 17.1 Å². The Morgan fingerprint density at radius 2 is 2.06 bits per heavy atom. The predicted octanol–water partition coefficient (Wildman–Crippen LogP) is 2.29. The molecule has 1 aromatic carbocycles. The summed E-state index contributed by atoms with van der Waals surface area (Å²) in [7, 11) is 1.85. The first-order valence-electron chi connectivity index (χ1n) is 4.86. The largest absolute Gasteiger partial charge is 0.334 e. The van der Waals surface area contributed by atoms with Crippen molar-refractivity contribution < 1.29 is 4.39 Å². The number of hydrogen-bond donors (Lipinski definition) is 0. The zero-order chi connectivity index (χ0) is 11.5. The molecular formula is C12H10FN3. The van der Waals surface area contributed by atoms with Crippen LogP contribution >= 0.6 is 0 Å². The first-order valence-corrected chi connectivity index (χ1v) is 4.86. The van der Waals surface area contributed by atoms with E-state index < -0.39 is 0 Å². The van der Waals surface area contributed by atoms with Crippen molar-refractivity contribution in [2.24, 2.45) is 7.05 Å². The van der Waals surface area contributed by atoms with Crippen LogP contribution in [0.1, 0.15) is 5.69 Å². The van der Waals surface area contributed by atoms with Crippen LogP contribution < -0.4 is 0 Å². The van der Waals surface area contributed by atoms with E-state index in [1.165, 1.54) is 12.1 Å². The fraction of sp³-hybridized carbons (Fsp3) is 0.167. The lowest BCUT2D eigenvalue weighted by Gasteiger charge is -2.00. The maximum atomic E-state index is 12.8. The Hall–Kier alpha value is -2.15. The minimum atomic E-state index is -0.268. The molecule has 0 aliphatic carbocycles. The van der Waals surface area contributed by atoms with Gasteiger partial charge in [0.25, 0.3) is 0 Å². The molecule has 0 spiro atoms. The van der Waals surface area contributed by atoms with Crippen molar-refractivity contribution in [2.45, 2.75) is 6.42 Å². The molecule has 1 aromatic heterocycles. The highest BCUT2D eigenvalue weighted by atomic mass is 19.1. The van der Waals surface area contributed by atoms with Crippen molar-refractivity contribution in [2.75, 3.05) is 0 Å². The molecule has 0 amide bonds. The van der Waals surface area contributed by atoms with Gasteiger partial charge in [0.05, 0.1) is 18.2 Å². The third-order valence-electron chi connectivity index (χ3n) is 2.29. The molecule has 0 saturated carbocycles. The first kappa shape index (κ1) is 10.4. The van der Waals surface area contributed by atoms with E-state index in [2.05, 4.69) is 4.98 Å². The average molecular weight is 215 g/mol. The summed E-state index contributed by atoms with van der Waals surface area (Å²) >= 11 is 0. The summed E-state index contributed by atoms with van der Waals surface area (Å²) in [5, 5.41) is 8.58. The Balaban J connectivity index is 2.40. The quantitative estimate of drug-likeness (QED) is 0.771. The van der Waals surface area contributed by atoms with Crippen molar-refractivity contribution in [1.29, 1.82) is 5.26 Å². The van der Waals surface area contributed by atoms with Crippen molar-refractivity contribution in [3.05, 3.63) is 42.0 Å². The molecule has 0 radical (unpaired) electrons. The number of benzene rings is 1. The number of nitrogens with zero attached hydrogens (tertiary/aromatic N) is 3. The second-order valence-corrected chi connectivity index (χ2v) is 3.51. The fourth-order valence-electron chi connectivity index (χ4n) is 1.56. The van der Waals surface area contributed by atoms with E-state index in [1.807, 2.05) is 23.9 Å². The molecule has 1 heterocycles. The molecule has 0 unspecified atom stereocenters. The lowest BCUT2D eigenvalue weighted by molar-refractivity contribution is 0.628. The molecule has 2 aromatic rings. The van der Waals surface area contributed by atoms with Gasteiger partial charge < -0.3 is 4.57 Å². The number of aryl methyl sites for hydroxylation is 1. The smallest absolute Gasteiger partial charge is 0.140 e. The van der Waals surface area contributed by atoms with Gasteiger partial charge in [0.15, 0.2) is 0 Å². The maximum absolute atomic E-state index is 12.8. The van der Waals surface area contributed by atoms with Crippen LogP contribution in [0, 0.1) is 17.1 Å². The van der Waals surface area contributed by atoms with Gasteiger partial charge in [-0.2, -0.15) is 5.26 Å². The van der Waals surface area contributed by atoms with Gasteiger partial charge in [-0.25, -0.2) is 9.37 Å². The molecular weight excluding hydrogens is 205 g/mol.